The molecule has 204 valence electrons. The number of hydrogen-bond donors (Lipinski definition) is 2. The van der Waals surface area contributed by atoms with Crippen LogP contribution in [0.15, 0.2) is 0 Å². The second-order valence-electron chi connectivity index (χ2n) is 13.9. The lowest BCUT2D eigenvalue weighted by atomic mass is 9.43. The predicted octanol–water partition coefficient (Wildman–Crippen LogP) is 4.08. The Morgan fingerprint density at radius 3 is 2.33 bits per heavy atom. The van der Waals surface area contributed by atoms with E-state index in [0.717, 1.165) is 32.1 Å². The average molecular weight is 503 g/mol. The molecule has 5 aliphatic rings. The summed E-state index contributed by atoms with van der Waals surface area (Å²) in [7, 11) is 0. The van der Waals surface area contributed by atoms with E-state index in [9.17, 15) is 19.8 Å². The van der Waals surface area contributed by atoms with E-state index in [0.29, 0.717) is 68.1 Å². The zero-order valence-corrected chi connectivity index (χ0v) is 23.1. The Labute approximate surface area is 218 Å². The number of carbonyl (C=O) groups excluding carboxylic acids is 2. The third-order valence-corrected chi connectivity index (χ3v) is 12.2. The average Bonchev–Trinajstić information content (AvgIpc) is 3.19. The molecule has 0 bridgehead atoms. The smallest absolute Gasteiger partial charge is 0.222 e. The van der Waals surface area contributed by atoms with Gasteiger partial charge in [-0.3, -0.25) is 9.59 Å². The molecule has 0 unspecified atom stereocenters. The van der Waals surface area contributed by atoms with Gasteiger partial charge in [0.1, 0.15) is 0 Å². The molecule has 2 amide bonds. The summed E-state index contributed by atoms with van der Waals surface area (Å²) < 4.78 is 0. The molecule has 1 aliphatic heterocycles. The maximum absolute atomic E-state index is 13.0. The maximum Gasteiger partial charge on any atom is 0.222 e. The van der Waals surface area contributed by atoms with Crippen LogP contribution in [0.1, 0.15) is 91.9 Å². The molecule has 0 aromatic rings. The quantitative estimate of drug-likeness (QED) is 0.607. The number of piperazine rings is 1. The lowest BCUT2D eigenvalue weighted by Gasteiger charge is -2.62. The normalized spacial score (nSPS) is 45.4. The van der Waals surface area contributed by atoms with Crippen molar-refractivity contribution in [1.82, 2.24) is 9.80 Å². The number of hydrogen-bond acceptors (Lipinski definition) is 4. The fourth-order valence-electron chi connectivity index (χ4n) is 10.3. The monoisotopic (exact) mass is 502 g/mol. The highest BCUT2D eigenvalue weighted by atomic mass is 16.3. The van der Waals surface area contributed by atoms with E-state index >= 15 is 0 Å². The number of rotatable bonds is 4. The van der Waals surface area contributed by atoms with Crippen molar-refractivity contribution >= 4 is 11.8 Å². The number of amides is 2. The van der Waals surface area contributed by atoms with Crippen LogP contribution in [0.25, 0.3) is 0 Å². The number of nitrogens with zero attached hydrogens (tertiary/aromatic N) is 2. The van der Waals surface area contributed by atoms with Gasteiger partial charge in [-0.25, -0.2) is 0 Å². The van der Waals surface area contributed by atoms with E-state index in [1.807, 2.05) is 9.80 Å². The van der Waals surface area contributed by atoms with E-state index < -0.39 is 0 Å². The zero-order chi connectivity index (χ0) is 25.8. The molecule has 36 heavy (non-hydrogen) atoms. The molecule has 0 spiro atoms. The zero-order valence-electron chi connectivity index (χ0n) is 23.1. The number of carbonyl (C=O) groups is 2. The Balaban J connectivity index is 1.21. The lowest BCUT2D eigenvalue weighted by molar-refractivity contribution is -0.179. The first kappa shape index (κ1) is 26.5. The van der Waals surface area contributed by atoms with Gasteiger partial charge in [-0.05, 0) is 104 Å². The van der Waals surface area contributed by atoms with Crippen LogP contribution in [0.4, 0.5) is 0 Å². The van der Waals surface area contributed by atoms with Crippen LogP contribution < -0.4 is 0 Å². The summed E-state index contributed by atoms with van der Waals surface area (Å²) in [6.45, 7) is 11.5. The Morgan fingerprint density at radius 2 is 1.64 bits per heavy atom. The molecule has 6 nitrogen and oxygen atoms in total. The summed E-state index contributed by atoms with van der Waals surface area (Å²) in [6, 6.07) is 0. The summed E-state index contributed by atoms with van der Waals surface area (Å²) in [5, 5.41) is 22.0. The molecule has 0 aromatic heterocycles. The van der Waals surface area contributed by atoms with Crippen LogP contribution in [-0.2, 0) is 9.59 Å². The lowest BCUT2D eigenvalue weighted by Crippen LogP contribution is -2.59. The van der Waals surface area contributed by atoms with E-state index in [1.165, 1.54) is 25.7 Å². The van der Waals surface area contributed by atoms with Crippen LogP contribution in [0.3, 0.4) is 0 Å². The van der Waals surface area contributed by atoms with Crippen molar-refractivity contribution in [3.05, 3.63) is 0 Å². The first-order chi connectivity index (χ1) is 17.0. The summed E-state index contributed by atoms with van der Waals surface area (Å²) in [5.41, 5.74) is 0.332. The topological polar surface area (TPSA) is 81.1 Å². The summed E-state index contributed by atoms with van der Waals surface area (Å²) in [5.74, 6) is 3.60. The molecule has 2 N–H and O–H groups in total. The summed E-state index contributed by atoms with van der Waals surface area (Å²) >= 11 is 0. The first-order valence-corrected chi connectivity index (χ1v) is 14.9. The predicted molar refractivity (Wildman–Crippen MR) is 140 cm³/mol. The van der Waals surface area contributed by atoms with Gasteiger partial charge in [-0.15, -0.1) is 0 Å². The Hall–Kier alpha value is -1.14. The highest BCUT2D eigenvalue weighted by Crippen LogP contribution is 2.68. The van der Waals surface area contributed by atoms with E-state index in [-0.39, 0.29) is 34.9 Å². The van der Waals surface area contributed by atoms with Crippen molar-refractivity contribution in [2.75, 3.05) is 26.2 Å². The Morgan fingerprint density at radius 1 is 0.944 bits per heavy atom. The highest BCUT2D eigenvalue weighted by Gasteiger charge is 2.63. The first-order valence-electron chi connectivity index (χ1n) is 14.9. The second kappa shape index (κ2) is 9.87. The fraction of sp³-hybridized carbons (Fsp3) is 0.933. The van der Waals surface area contributed by atoms with Crippen molar-refractivity contribution in [2.24, 2.45) is 46.3 Å². The van der Waals surface area contributed by atoms with Crippen LogP contribution in [0, 0.1) is 46.3 Å². The van der Waals surface area contributed by atoms with Gasteiger partial charge in [0.2, 0.25) is 11.8 Å². The second-order valence-corrected chi connectivity index (χ2v) is 13.9. The van der Waals surface area contributed by atoms with Crippen LogP contribution in [0.2, 0.25) is 0 Å². The van der Waals surface area contributed by atoms with Crippen LogP contribution in [-0.4, -0.2) is 70.2 Å². The standard InChI is InChI=1S/C30H50N2O4/c1-19(5-10-27(36)32-15-13-31(14-16-32)20(2)33)24-8-9-25-23-7-6-21-17-22(34)11-12-29(21,3)28(23)26(35)18-30(24,25)4/h19,21-26,28,34-35H,5-18H2,1-4H3/t19-,21+,22+,23+,24-,25+,26+,28-,29+,30-/m1/s1. The summed E-state index contributed by atoms with van der Waals surface area (Å²) in [6.07, 6.45) is 9.80. The van der Waals surface area contributed by atoms with E-state index in [4.69, 9.17) is 0 Å². The fourth-order valence-corrected chi connectivity index (χ4v) is 10.3. The van der Waals surface area contributed by atoms with Crippen molar-refractivity contribution in [2.45, 2.75) is 104 Å². The molecule has 1 saturated heterocycles. The number of fused-ring (bicyclic) bond motifs is 5. The van der Waals surface area contributed by atoms with E-state index in [2.05, 4.69) is 20.8 Å². The molecule has 0 aromatic carbocycles. The molecule has 5 rings (SSSR count). The molecule has 1 heterocycles. The van der Waals surface area contributed by atoms with Crippen LogP contribution in [0.5, 0.6) is 0 Å². The molecule has 4 aliphatic carbocycles. The number of aliphatic hydroxyl groups excluding tert-OH is 2. The molecule has 6 heteroatoms. The molecular weight excluding hydrogens is 452 g/mol. The minimum Gasteiger partial charge on any atom is -0.393 e. The third-order valence-electron chi connectivity index (χ3n) is 12.2. The largest absolute Gasteiger partial charge is 0.393 e. The molecular formula is C30H50N2O4. The van der Waals surface area contributed by atoms with Crippen molar-refractivity contribution in [3.63, 3.8) is 0 Å². The SMILES string of the molecule is CC(=O)N1CCN(C(=O)CC[C@@H](C)[C@H]2CC[C@H]3[C@@H]4CC[C@H]5C[C@@H](O)CC[C@]5(C)[C@H]4[C@@H](O)C[C@]23C)CC1. The third kappa shape index (κ3) is 4.42. The Bertz CT molecular complexity index is 841. The molecule has 5 fully saturated rings. The van der Waals surface area contributed by atoms with Crippen LogP contribution >= 0.6 is 0 Å². The van der Waals surface area contributed by atoms with Gasteiger partial charge in [-0.2, -0.15) is 0 Å². The number of aliphatic hydroxyl groups is 2. The molecule has 10 atom stereocenters. The van der Waals surface area contributed by atoms with Gasteiger partial charge in [0.05, 0.1) is 12.2 Å². The van der Waals surface area contributed by atoms with Gasteiger partial charge < -0.3 is 20.0 Å². The van der Waals surface area contributed by atoms with Gasteiger partial charge in [0.15, 0.2) is 0 Å². The van der Waals surface area contributed by atoms with E-state index in [1.54, 1.807) is 6.92 Å². The summed E-state index contributed by atoms with van der Waals surface area (Å²) in [4.78, 5) is 28.3. The molecule has 0 radical (unpaired) electrons. The van der Waals surface area contributed by atoms with Crippen molar-refractivity contribution in [1.29, 1.82) is 0 Å². The van der Waals surface area contributed by atoms with Crippen molar-refractivity contribution in [3.8, 4) is 0 Å². The minimum absolute atomic E-state index is 0.0974. The Kier molecular flexibility index (Phi) is 7.26. The highest BCUT2D eigenvalue weighted by molar-refractivity contribution is 5.77. The van der Waals surface area contributed by atoms with Gasteiger partial charge >= 0.3 is 0 Å². The van der Waals surface area contributed by atoms with Gasteiger partial charge in [0.25, 0.3) is 0 Å². The van der Waals surface area contributed by atoms with Crippen molar-refractivity contribution < 1.29 is 19.8 Å². The molecule has 4 saturated carbocycles. The maximum atomic E-state index is 13.0. The van der Waals surface area contributed by atoms with Gasteiger partial charge in [0, 0.05) is 39.5 Å². The van der Waals surface area contributed by atoms with Gasteiger partial charge in [-0.1, -0.05) is 20.8 Å². The minimum atomic E-state index is -0.244.